The Balaban J connectivity index is 1.84. The molecule has 2 heterocycles. The van der Waals surface area contributed by atoms with E-state index in [4.69, 9.17) is 5.11 Å². The van der Waals surface area contributed by atoms with E-state index in [0.717, 1.165) is 0 Å². The van der Waals surface area contributed by atoms with Gasteiger partial charge in [-0.25, -0.2) is 4.68 Å². The van der Waals surface area contributed by atoms with E-state index in [0.29, 0.717) is 11.3 Å². The number of pyridine rings is 1. The molecular formula is C18H16N4O4. The lowest BCUT2D eigenvalue weighted by molar-refractivity contribution is -0.137. The van der Waals surface area contributed by atoms with Crippen molar-refractivity contribution in [1.29, 1.82) is 0 Å². The van der Waals surface area contributed by atoms with Gasteiger partial charge in [-0.15, -0.1) is 0 Å². The van der Waals surface area contributed by atoms with Gasteiger partial charge in [0.15, 0.2) is 0 Å². The number of carboxylic acid groups (broad SMARTS) is 1. The Bertz CT molecular complexity index is 964. The molecule has 3 aromatic rings. The van der Waals surface area contributed by atoms with Crippen molar-refractivity contribution >= 4 is 11.9 Å². The minimum atomic E-state index is -1.06. The van der Waals surface area contributed by atoms with Crippen LogP contribution in [-0.4, -0.2) is 31.7 Å². The lowest BCUT2D eigenvalue weighted by atomic mass is 10.1. The number of amides is 1. The molecule has 0 saturated heterocycles. The molecule has 132 valence electrons. The van der Waals surface area contributed by atoms with E-state index in [2.05, 4.69) is 15.4 Å². The maximum Gasteiger partial charge on any atom is 0.305 e. The van der Waals surface area contributed by atoms with Crippen molar-refractivity contribution in [3.63, 3.8) is 0 Å². The second-order valence-electron chi connectivity index (χ2n) is 5.59. The zero-order valence-corrected chi connectivity index (χ0v) is 13.6. The average molecular weight is 352 g/mol. The zero-order chi connectivity index (χ0) is 18.5. The highest BCUT2D eigenvalue weighted by Gasteiger charge is 2.21. The lowest BCUT2D eigenvalue weighted by Gasteiger charge is -2.16. The molecule has 0 spiro atoms. The van der Waals surface area contributed by atoms with E-state index >= 15 is 0 Å². The summed E-state index contributed by atoms with van der Waals surface area (Å²) in [4.78, 5) is 39.7. The van der Waals surface area contributed by atoms with Gasteiger partial charge in [-0.1, -0.05) is 24.3 Å². The third-order valence-electron chi connectivity index (χ3n) is 3.75. The van der Waals surface area contributed by atoms with Crippen LogP contribution in [0.15, 0.2) is 65.7 Å². The van der Waals surface area contributed by atoms with Gasteiger partial charge in [-0.05, 0) is 23.8 Å². The second kappa shape index (κ2) is 7.47. The van der Waals surface area contributed by atoms with Gasteiger partial charge in [-0.2, -0.15) is 0 Å². The summed E-state index contributed by atoms with van der Waals surface area (Å²) >= 11 is 0. The molecular weight excluding hydrogens is 336 g/mol. The van der Waals surface area contributed by atoms with Gasteiger partial charge < -0.3 is 10.4 Å². The van der Waals surface area contributed by atoms with Crippen LogP contribution in [0, 0.1) is 0 Å². The quantitative estimate of drug-likeness (QED) is 0.621. The van der Waals surface area contributed by atoms with Crippen LogP contribution in [-0.2, 0) is 4.79 Å². The summed E-state index contributed by atoms with van der Waals surface area (Å²) in [6.07, 6.45) is 2.74. The van der Waals surface area contributed by atoms with E-state index < -0.39 is 23.5 Å². The number of nitrogens with zero attached hydrogens (tertiary/aromatic N) is 2. The van der Waals surface area contributed by atoms with Gasteiger partial charge in [-0.3, -0.25) is 24.5 Å². The summed E-state index contributed by atoms with van der Waals surface area (Å²) < 4.78 is 1.24. The highest BCUT2D eigenvalue weighted by molar-refractivity contribution is 5.92. The fourth-order valence-corrected chi connectivity index (χ4v) is 2.53. The molecule has 3 rings (SSSR count). The number of carboxylic acids is 1. The third kappa shape index (κ3) is 3.86. The minimum absolute atomic E-state index is 0.0399. The molecule has 0 radical (unpaired) electrons. The second-order valence-corrected chi connectivity index (χ2v) is 5.59. The van der Waals surface area contributed by atoms with Crippen LogP contribution >= 0.6 is 0 Å². The minimum Gasteiger partial charge on any atom is -0.481 e. The first-order valence-electron chi connectivity index (χ1n) is 7.84. The first kappa shape index (κ1) is 17.2. The van der Waals surface area contributed by atoms with Crippen LogP contribution in [0.2, 0.25) is 0 Å². The normalized spacial score (nSPS) is 11.7. The van der Waals surface area contributed by atoms with Crippen LogP contribution in [0.3, 0.4) is 0 Å². The number of aromatic amines is 1. The molecule has 0 fully saturated rings. The Kier molecular flexibility index (Phi) is 4.93. The molecule has 0 aliphatic heterocycles. The zero-order valence-electron chi connectivity index (χ0n) is 13.6. The first-order valence-corrected chi connectivity index (χ1v) is 7.84. The largest absolute Gasteiger partial charge is 0.481 e. The molecule has 0 saturated carbocycles. The summed E-state index contributed by atoms with van der Waals surface area (Å²) in [6.45, 7) is 0. The van der Waals surface area contributed by atoms with E-state index in [-0.39, 0.29) is 12.1 Å². The smallest absolute Gasteiger partial charge is 0.305 e. The van der Waals surface area contributed by atoms with Crippen LogP contribution < -0.4 is 10.9 Å². The average Bonchev–Trinajstić information content (AvgIpc) is 3.04. The Morgan fingerprint density at radius 2 is 1.96 bits per heavy atom. The standard InChI is InChI=1S/C18H16N4O4/c23-16-9-15(21-22(16)13-6-2-1-3-7-13)18(26)20-14(10-17(24)25)12-5-4-8-19-11-12/h1-9,11,14,21H,10H2,(H,20,26)(H,24,25)/t14-/m0/s1. The van der Waals surface area contributed by atoms with Crippen molar-refractivity contribution in [2.24, 2.45) is 0 Å². The molecule has 8 nitrogen and oxygen atoms in total. The molecule has 26 heavy (non-hydrogen) atoms. The van der Waals surface area contributed by atoms with Crippen molar-refractivity contribution in [3.8, 4) is 5.69 Å². The Hall–Kier alpha value is -3.68. The van der Waals surface area contributed by atoms with Crippen LogP contribution in [0.1, 0.15) is 28.5 Å². The number of carbonyl (C=O) groups excluding carboxylic acids is 1. The predicted octanol–water partition coefficient (Wildman–Crippen LogP) is 1.51. The summed E-state index contributed by atoms with van der Waals surface area (Å²) in [6, 6.07) is 12.5. The molecule has 0 unspecified atom stereocenters. The molecule has 1 atom stereocenters. The summed E-state index contributed by atoms with van der Waals surface area (Å²) in [5.41, 5.74) is 0.801. The first-order chi connectivity index (χ1) is 12.5. The molecule has 0 aliphatic rings. The number of H-pyrrole nitrogens is 1. The SMILES string of the molecule is O=C(O)C[C@H](NC(=O)c1cc(=O)n(-c2ccccc2)[nH]1)c1cccnc1. The molecule has 8 heteroatoms. The summed E-state index contributed by atoms with van der Waals surface area (Å²) in [7, 11) is 0. The Morgan fingerprint density at radius 1 is 1.19 bits per heavy atom. The summed E-state index contributed by atoms with van der Waals surface area (Å²) in [5.74, 6) is -1.64. The molecule has 2 aromatic heterocycles. The number of hydrogen-bond donors (Lipinski definition) is 3. The van der Waals surface area contributed by atoms with E-state index in [1.807, 2.05) is 6.07 Å². The molecule has 3 N–H and O–H groups in total. The highest BCUT2D eigenvalue weighted by atomic mass is 16.4. The molecule has 0 bridgehead atoms. The van der Waals surface area contributed by atoms with Crippen LogP contribution in [0.4, 0.5) is 0 Å². The number of aliphatic carboxylic acids is 1. The number of nitrogens with one attached hydrogen (secondary N) is 2. The van der Waals surface area contributed by atoms with E-state index in [1.165, 1.54) is 16.9 Å². The number of para-hydroxylation sites is 1. The van der Waals surface area contributed by atoms with E-state index in [9.17, 15) is 14.4 Å². The number of benzene rings is 1. The lowest BCUT2D eigenvalue weighted by Crippen LogP contribution is -2.30. The monoisotopic (exact) mass is 352 g/mol. The summed E-state index contributed by atoms with van der Waals surface area (Å²) in [5, 5.41) is 14.5. The molecule has 0 aliphatic carbocycles. The van der Waals surface area contributed by atoms with Gasteiger partial charge in [0.25, 0.3) is 11.5 Å². The Labute approximate surface area is 148 Å². The predicted molar refractivity (Wildman–Crippen MR) is 93.1 cm³/mol. The van der Waals surface area contributed by atoms with Gasteiger partial charge >= 0.3 is 5.97 Å². The van der Waals surface area contributed by atoms with Gasteiger partial charge in [0.2, 0.25) is 0 Å². The Morgan fingerprint density at radius 3 is 2.62 bits per heavy atom. The number of hydrogen-bond acceptors (Lipinski definition) is 4. The fourth-order valence-electron chi connectivity index (χ4n) is 2.53. The van der Waals surface area contributed by atoms with E-state index in [1.54, 1.807) is 42.6 Å². The maximum atomic E-state index is 12.5. The van der Waals surface area contributed by atoms with Crippen LogP contribution in [0.5, 0.6) is 0 Å². The number of carbonyl (C=O) groups is 2. The molecule has 1 aromatic carbocycles. The fraction of sp³-hybridized carbons (Fsp3) is 0.111. The third-order valence-corrected chi connectivity index (χ3v) is 3.75. The van der Waals surface area contributed by atoms with Crippen molar-refractivity contribution in [3.05, 3.63) is 82.5 Å². The molecule has 1 amide bonds. The number of rotatable bonds is 6. The van der Waals surface area contributed by atoms with Crippen molar-refractivity contribution < 1.29 is 14.7 Å². The highest BCUT2D eigenvalue weighted by Crippen LogP contribution is 2.16. The van der Waals surface area contributed by atoms with Crippen molar-refractivity contribution in [2.45, 2.75) is 12.5 Å². The van der Waals surface area contributed by atoms with Crippen molar-refractivity contribution in [2.75, 3.05) is 0 Å². The number of aromatic nitrogens is 3. The maximum absolute atomic E-state index is 12.5. The van der Waals surface area contributed by atoms with Gasteiger partial charge in [0, 0.05) is 18.5 Å². The van der Waals surface area contributed by atoms with Gasteiger partial charge in [0.05, 0.1) is 18.2 Å². The topological polar surface area (TPSA) is 117 Å². The van der Waals surface area contributed by atoms with Crippen molar-refractivity contribution in [1.82, 2.24) is 20.1 Å². The van der Waals surface area contributed by atoms with Crippen LogP contribution in [0.25, 0.3) is 5.69 Å². The van der Waals surface area contributed by atoms with Gasteiger partial charge in [0.1, 0.15) is 5.69 Å².